The third-order valence-corrected chi connectivity index (χ3v) is 5.02. The predicted octanol–water partition coefficient (Wildman–Crippen LogP) is 3.90. The monoisotopic (exact) mass is 508 g/mol. The van der Waals surface area contributed by atoms with Gasteiger partial charge in [-0.2, -0.15) is 0 Å². The second kappa shape index (κ2) is 8.15. The molecule has 0 bridgehead atoms. The number of rotatable bonds is 4. The second-order valence-electron chi connectivity index (χ2n) is 5.68. The summed E-state index contributed by atoms with van der Waals surface area (Å²) in [5, 5.41) is 2.19. The largest absolute Gasteiger partial charge is 0.493 e. The number of halogens is 2. The van der Waals surface area contributed by atoms with E-state index in [0.29, 0.717) is 31.7 Å². The number of urea groups is 1. The number of methoxy groups -OCH3 is 2. The van der Waals surface area contributed by atoms with E-state index in [1.807, 2.05) is 0 Å². The van der Waals surface area contributed by atoms with Gasteiger partial charge >= 0.3 is 6.03 Å². The van der Waals surface area contributed by atoms with Crippen molar-refractivity contribution in [3.05, 3.63) is 56.5 Å². The fourth-order valence-corrected chi connectivity index (χ4v) is 3.70. The van der Waals surface area contributed by atoms with Crippen molar-refractivity contribution in [3.8, 4) is 11.5 Å². The molecular weight excluding hydrogens is 496 g/mol. The summed E-state index contributed by atoms with van der Waals surface area (Å²) in [5.41, 5.74) is 0.675. The van der Waals surface area contributed by atoms with Crippen molar-refractivity contribution in [2.24, 2.45) is 0 Å². The van der Waals surface area contributed by atoms with E-state index in [1.165, 1.54) is 20.3 Å². The number of nitrogens with zero attached hydrogens (tertiary/aromatic N) is 1. The molecule has 0 spiro atoms. The van der Waals surface area contributed by atoms with Gasteiger partial charge in [0.15, 0.2) is 11.5 Å². The average molecular weight is 510 g/mol. The first kappa shape index (κ1) is 20.1. The third kappa shape index (κ3) is 3.81. The van der Waals surface area contributed by atoms with Crippen LogP contribution < -0.4 is 19.7 Å². The van der Waals surface area contributed by atoms with Crippen LogP contribution in [0.4, 0.5) is 10.5 Å². The number of hydrogen-bond acceptors (Lipinski definition) is 5. The molecule has 7 nitrogen and oxygen atoms in total. The van der Waals surface area contributed by atoms with Gasteiger partial charge in [-0.25, -0.2) is 9.69 Å². The lowest BCUT2D eigenvalue weighted by atomic mass is 10.1. The first-order chi connectivity index (χ1) is 13.3. The summed E-state index contributed by atoms with van der Waals surface area (Å²) in [6.45, 7) is 0. The van der Waals surface area contributed by atoms with Crippen LogP contribution in [0.15, 0.2) is 50.9 Å². The Balaban J connectivity index is 2.06. The van der Waals surface area contributed by atoms with Crippen LogP contribution in [0.2, 0.25) is 0 Å². The summed E-state index contributed by atoms with van der Waals surface area (Å²) in [4.78, 5) is 38.4. The Bertz CT molecular complexity index is 1020. The molecular formula is C19H14Br2N2O5. The van der Waals surface area contributed by atoms with Crippen LogP contribution in [0.5, 0.6) is 11.5 Å². The minimum absolute atomic E-state index is 0.182. The number of benzene rings is 2. The van der Waals surface area contributed by atoms with Crippen LogP contribution in [-0.4, -0.2) is 32.1 Å². The molecule has 1 aliphatic rings. The minimum atomic E-state index is -0.807. The van der Waals surface area contributed by atoms with E-state index < -0.39 is 17.8 Å². The highest BCUT2D eigenvalue weighted by atomic mass is 79.9. The number of carbonyl (C=O) groups is 3. The molecule has 1 heterocycles. The highest BCUT2D eigenvalue weighted by molar-refractivity contribution is 9.10. The van der Waals surface area contributed by atoms with Crippen molar-refractivity contribution in [1.82, 2.24) is 5.32 Å². The molecule has 4 amide bonds. The number of imide groups is 2. The molecule has 1 N–H and O–H groups in total. The Morgan fingerprint density at radius 1 is 1.04 bits per heavy atom. The normalized spacial score (nSPS) is 15.6. The molecule has 0 unspecified atom stereocenters. The fraction of sp³-hybridized carbons (Fsp3) is 0.105. The lowest BCUT2D eigenvalue weighted by molar-refractivity contribution is -0.122. The van der Waals surface area contributed by atoms with E-state index in [0.717, 1.165) is 4.90 Å². The summed E-state index contributed by atoms with van der Waals surface area (Å²) in [7, 11) is 2.98. The Labute approximate surface area is 177 Å². The van der Waals surface area contributed by atoms with E-state index in [-0.39, 0.29) is 5.57 Å². The molecule has 0 aliphatic carbocycles. The van der Waals surface area contributed by atoms with Crippen LogP contribution in [0.1, 0.15) is 5.56 Å². The van der Waals surface area contributed by atoms with Gasteiger partial charge < -0.3 is 9.47 Å². The maximum atomic E-state index is 12.9. The molecule has 2 aromatic rings. The van der Waals surface area contributed by atoms with Crippen molar-refractivity contribution in [3.63, 3.8) is 0 Å². The molecule has 144 valence electrons. The second-order valence-corrected chi connectivity index (χ2v) is 7.45. The predicted molar refractivity (Wildman–Crippen MR) is 110 cm³/mol. The fourth-order valence-electron chi connectivity index (χ4n) is 2.70. The van der Waals surface area contributed by atoms with E-state index in [9.17, 15) is 14.4 Å². The van der Waals surface area contributed by atoms with Crippen molar-refractivity contribution in [2.75, 3.05) is 19.1 Å². The Hall–Kier alpha value is -2.65. The van der Waals surface area contributed by atoms with Gasteiger partial charge in [0.1, 0.15) is 5.57 Å². The average Bonchev–Trinajstić information content (AvgIpc) is 2.64. The lowest BCUT2D eigenvalue weighted by Gasteiger charge is -2.26. The van der Waals surface area contributed by atoms with Crippen molar-refractivity contribution in [1.29, 1.82) is 0 Å². The summed E-state index contributed by atoms with van der Waals surface area (Å²) >= 11 is 6.68. The molecule has 0 radical (unpaired) electrons. The lowest BCUT2D eigenvalue weighted by Crippen LogP contribution is -2.54. The van der Waals surface area contributed by atoms with Crippen molar-refractivity contribution in [2.45, 2.75) is 0 Å². The summed E-state index contributed by atoms with van der Waals surface area (Å²) < 4.78 is 11.8. The van der Waals surface area contributed by atoms with E-state index in [1.54, 1.807) is 36.4 Å². The smallest absolute Gasteiger partial charge is 0.335 e. The van der Waals surface area contributed by atoms with E-state index in [2.05, 4.69) is 37.2 Å². The molecule has 0 aromatic heterocycles. The molecule has 0 saturated carbocycles. The topological polar surface area (TPSA) is 84.9 Å². The van der Waals surface area contributed by atoms with Gasteiger partial charge in [-0.15, -0.1) is 0 Å². The van der Waals surface area contributed by atoms with Crippen LogP contribution in [0.25, 0.3) is 6.08 Å². The number of amides is 4. The molecule has 1 aliphatic heterocycles. The van der Waals surface area contributed by atoms with E-state index >= 15 is 0 Å². The maximum Gasteiger partial charge on any atom is 0.335 e. The van der Waals surface area contributed by atoms with Gasteiger partial charge in [-0.05, 0) is 57.9 Å². The number of barbiturate groups is 1. The highest BCUT2D eigenvalue weighted by Crippen LogP contribution is 2.37. The van der Waals surface area contributed by atoms with Crippen LogP contribution in [-0.2, 0) is 9.59 Å². The van der Waals surface area contributed by atoms with Gasteiger partial charge in [0.05, 0.1) is 24.4 Å². The third-order valence-electron chi connectivity index (χ3n) is 3.93. The van der Waals surface area contributed by atoms with Crippen LogP contribution >= 0.6 is 31.9 Å². The zero-order valence-corrected chi connectivity index (χ0v) is 18.0. The molecule has 0 atom stereocenters. The van der Waals surface area contributed by atoms with Gasteiger partial charge in [-0.3, -0.25) is 14.9 Å². The standard InChI is InChI=1S/C19H14Br2N2O5/c1-27-15-8-10(7-14(21)16(15)28-2)6-13-17(24)22-19(26)23(18(13)25)12-5-3-4-11(20)9-12/h3-9H,1-2H3,(H,22,24,26)/b13-6+. The Morgan fingerprint density at radius 3 is 2.43 bits per heavy atom. The summed E-state index contributed by atoms with van der Waals surface area (Å²) in [5.74, 6) is -0.591. The first-order valence-electron chi connectivity index (χ1n) is 7.94. The molecule has 28 heavy (non-hydrogen) atoms. The number of nitrogens with one attached hydrogen (secondary N) is 1. The first-order valence-corrected chi connectivity index (χ1v) is 9.53. The van der Waals surface area contributed by atoms with Crippen LogP contribution in [0, 0.1) is 0 Å². The number of ether oxygens (including phenoxy) is 2. The van der Waals surface area contributed by atoms with Gasteiger partial charge in [0.2, 0.25) is 0 Å². The van der Waals surface area contributed by atoms with Gasteiger partial charge in [0, 0.05) is 4.47 Å². The zero-order chi connectivity index (χ0) is 20.4. The number of carbonyl (C=O) groups excluding carboxylic acids is 3. The van der Waals surface area contributed by atoms with Gasteiger partial charge in [-0.1, -0.05) is 22.0 Å². The van der Waals surface area contributed by atoms with Crippen LogP contribution in [0.3, 0.4) is 0 Å². The van der Waals surface area contributed by atoms with Crippen molar-refractivity contribution >= 4 is 61.5 Å². The molecule has 9 heteroatoms. The SMILES string of the molecule is COc1cc(/C=C2\C(=O)NC(=O)N(c3cccc(Br)c3)C2=O)cc(Br)c1OC. The number of anilines is 1. The Kier molecular flexibility index (Phi) is 5.85. The Morgan fingerprint density at radius 2 is 1.79 bits per heavy atom. The molecule has 1 fully saturated rings. The quantitative estimate of drug-likeness (QED) is 0.499. The molecule has 2 aromatic carbocycles. The highest BCUT2D eigenvalue weighted by Gasteiger charge is 2.36. The van der Waals surface area contributed by atoms with E-state index in [4.69, 9.17) is 9.47 Å². The zero-order valence-electron chi connectivity index (χ0n) is 14.8. The summed E-state index contributed by atoms with van der Waals surface area (Å²) in [6.07, 6.45) is 1.39. The molecule has 3 rings (SSSR count). The maximum absolute atomic E-state index is 12.9. The minimum Gasteiger partial charge on any atom is -0.493 e. The summed E-state index contributed by atoms with van der Waals surface area (Å²) in [6, 6.07) is 9.15. The molecule has 1 saturated heterocycles. The van der Waals surface area contributed by atoms with Crippen molar-refractivity contribution < 1.29 is 23.9 Å². The number of hydrogen-bond donors (Lipinski definition) is 1. The van der Waals surface area contributed by atoms with Gasteiger partial charge in [0.25, 0.3) is 11.8 Å².